The Kier molecular flexibility index (Phi) is 6.51. The Bertz CT molecular complexity index is 1400. The van der Waals surface area contributed by atoms with Crippen LogP contribution in [0.25, 0.3) is 21.7 Å². The zero-order valence-electron chi connectivity index (χ0n) is 19.7. The van der Waals surface area contributed by atoms with Gasteiger partial charge in [-0.05, 0) is 48.2 Å². The first-order chi connectivity index (χ1) is 16.9. The number of nitrogens with two attached hydrogens (primary N) is 1. The predicted molar refractivity (Wildman–Crippen MR) is 137 cm³/mol. The minimum atomic E-state index is -0.391. The number of rotatable bonds is 6. The summed E-state index contributed by atoms with van der Waals surface area (Å²) in [4.78, 5) is 30.7. The highest BCUT2D eigenvalue weighted by molar-refractivity contribution is 6.31. The Morgan fingerprint density at radius 2 is 1.94 bits per heavy atom. The molecule has 2 atom stereocenters. The van der Waals surface area contributed by atoms with Crippen molar-refractivity contribution in [2.75, 3.05) is 26.0 Å². The van der Waals surface area contributed by atoms with Gasteiger partial charge in [0, 0.05) is 54.8 Å². The quantitative estimate of drug-likeness (QED) is 0.440. The van der Waals surface area contributed by atoms with Crippen molar-refractivity contribution in [3.63, 3.8) is 0 Å². The van der Waals surface area contributed by atoms with Gasteiger partial charge in [0.1, 0.15) is 18.2 Å². The zero-order valence-corrected chi connectivity index (χ0v) is 20.4. The van der Waals surface area contributed by atoms with Crippen LogP contribution in [0.3, 0.4) is 0 Å². The lowest BCUT2D eigenvalue weighted by atomic mass is 10.0. The van der Waals surface area contributed by atoms with Gasteiger partial charge in [-0.1, -0.05) is 23.7 Å². The summed E-state index contributed by atoms with van der Waals surface area (Å²) in [6.07, 6.45) is 3.29. The Morgan fingerprint density at radius 1 is 1.09 bits per heavy atom. The predicted octanol–water partition coefficient (Wildman–Crippen LogP) is 3.66. The minimum absolute atomic E-state index is 0.0148. The molecule has 1 saturated heterocycles. The molecule has 0 aliphatic carbocycles. The van der Waals surface area contributed by atoms with E-state index in [4.69, 9.17) is 22.1 Å². The van der Waals surface area contributed by atoms with E-state index in [9.17, 15) is 4.79 Å². The zero-order chi connectivity index (χ0) is 24.5. The first-order valence-electron chi connectivity index (χ1n) is 11.5. The van der Waals surface area contributed by atoms with Gasteiger partial charge in [0.2, 0.25) is 5.91 Å². The standard InChI is InChI=1S/C26H27ClN6O2/c1-16-11-32(13-21-9-18-4-5-20(27)8-19(18)10-29-21)24(14-35-2)26(34)33(16)12-17-3-6-22-23(7-17)30-15-31-25(22)28/h3-10,15-16,24H,11-14H2,1-2H3,(H2,28,30,31)/t16?,24-/m0/s1. The van der Waals surface area contributed by atoms with Crippen LogP contribution in [0.4, 0.5) is 5.82 Å². The van der Waals surface area contributed by atoms with E-state index in [1.807, 2.05) is 47.5 Å². The molecule has 35 heavy (non-hydrogen) atoms. The van der Waals surface area contributed by atoms with Crippen LogP contribution >= 0.6 is 11.6 Å². The molecule has 1 fully saturated rings. The summed E-state index contributed by atoms with van der Waals surface area (Å²) in [6.45, 7) is 4.14. The van der Waals surface area contributed by atoms with Gasteiger partial charge < -0.3 is 15.4 Å². The number of fused-ring (bicyclic) bond motifs is 2. The number of carbonyl (C=O) groups excluding carboxylic acids is 1. The van der Waals surface area contributed by atoms with Gasteiger partial charge in [-0.2, -0.15) is 0 Å². The molecule has 2 aromatic carbocycles. The van der Waals surface area contributed by atoms with Gasteiger partial charge in [0.15, 0.2) is 0 Å². The summed E-state index contributed by atoms with van der Waals surface area (Å²) < 4.78 is 5.45. The molecule has 4 aromatic rings. The van der Waals surface area contributed by atoms with Gasteiger partial charge in [-0.15, -0.1) is 0 Å². The second-order valence-electron chi connectivity index (χ2n) is 8.99. The number of piperazine rings is 1. The summed E-state index contributed by atoms with van der Waals surface area (Å²) in [5, 5.41) is 3.56. The molecule has 180 valence electrons. The SMILES string of the molecule is COC[C@H]1C(=O)N(Cc2ccc3c(N)ncnc3c2)C(C)CN1Cc1cc2ccc(Cl)cc2cn1. The molecule has 0 spiro atoms. The summed E-state index contributed by atoms with van der Waals surface area (Å²) in [5.74, 6) is 0.491. The van der Waals surface area contributed by atoms with Crippen LogP contribution in [-0.4, -0.2) is 63.0 Å². The van der Waals surface area contributed by atoms with Crippen molar-refractivity contribution in [2.45, 2.75) is 32.1 Å². The number of nitrogens with zero attached hydrogens (tertiary/aromatic N) is 5. The number of benzene rings is 2. The number of anilines is 1. The third-order valence-corrected chi connectivity index (χ3v) is 6.79. The summed E-state index contributed by atoms with van der Waals surface area (Å²) in [5.41, 5.74) is 8.62. The third kappa shape index (κ3) is 4.77. The number of hydrogen-bond donors (Lipinski definition) is 1. The number of aromatic nitrogens is 3. The molecule has 5 rings (SSSR count). The van der Waals surface area contributed by atoms with Crippen LogP contribution in [0.5, 0.6) is 0 Å². The number of amides is 1. The van der Waals surface area contributed by atoms with Crippen molar-refractivity contribution in [2.24, 2.45) is 0 Å². The van der Waals surface area contributed by atoms with E-state index in [1.165, 1.54) is 6.33 Å². The summed E-state index contributed by atoms with van der Waals surface area (Å²) in [6, 6.07) is 13.3. The second kappa shape index (κ2) is 9.73. The van der Waals surface area contributed by atoms with Gasteiger partial charge in [0.25, 0.3) is 0 Å². The van der Waals surface area contributed by atoms with E-state index < -0.39 is 6.04 Å². The van der Waals surface area contributed by atoms with Gasteiger partial charge in [-0.25, -0.2) is 9.97 Å². The maximum Gasteiger partial charge on any atom is 0.242 e. The lowest BCUT2D eigenvalue weighted by Crippen LogP contribution is -2.61. The lowest BCUT2D eigenvalue weighted by molar-refractivity contribution is -0.149. The van der Waals surface area contributed by atoms with Gasteiger partial charge in [0.05, 0.1) is 17.8 Å². The van der Waals surface area contributed by atoms with Crippen LogP contribution in [0.1, 0.15) is 18.2 Å². The molecule has 2 N–H and O–H groups in total. The van der Waals surface area contributed by atoms with Crippen molar-refractivity contribution >= 4 is 45.0 Å². The lowest BCUT2D eigenvalue weighted by Gasteiger charge is -2.44. The van der Waals surface area contributed by atoms with Crippen molar-refractivity contribution in [1.29, 1.82) is 0 Å². The van der Waals surface area contributed by atoms with E-state index in [1.54, 1.807) is 7.11 Å². The number of methoxy groups -OCH3 is 1. The van der Waals surface area contributed by atoms with E-state index >= 15 is 0 Å². The normalized spacial score (nSPS) is 19.1. The van der Waals surface area contributed by atoms with E-state index in [2.05, 4.69) is 32.8 Å². The highest BCUT2D eigenvalue weighted by atomic mass is 35.5. The maximum atomic E-state index is 13.6. The Morgan fingerprint density at radius 3 is 2.77 bits per heavy atom. The number of ether oxygens (including phenoxy) is 1. The third-order valence-electron chi connectivity index (χ3n) is 6.55. The fraction of sp³-hybridized carbons (Fsp3) is 0.308. The van der Waals surface area contributed by atoms with Crippen molar-refractivity contribution in [3.8, 4) is 0 Å². The van der Waals surface area contributed by atoms with Crippen LogP contribution in [0, 0.1) is 0 Å². The molecule has 1 unspecified atom stereocenters. The topological polar surface area (TPSA) is 97.5 Å². The van der Waals surface area contributed by atoms with Crippen molar-refractivity contribution in [1.82, 2.24) is 24.8 Å². The first-order valence-corrected chi connectivity index (χ1v) is 11.9. The fourth-order valence-corrected chi connectivity index (χ4v) is 4.92. The molecule has 0 radical (unpaired) electrons. The molecule has 8 nitrogen and oxygen atoms in total. The molecule has 1 aliphatic rings. The Hall–Kier alpha value is -3.33. The number of halogens is 1. The molecule has 9 heteroatoms. The van der Waals surface area contributed by atoms with Crippen LogP contribution < -0.4 is 5.73 Å². The average Bonchev–Trinajstić information content (AvgIpc) is 2.84. The monoisotopic (exact) mass is 490 g/mol. The van der Waals surface area contributed by atoms with Crippen LogP contribution in [0.2, 0.25) is 5.02 Å². The largest absolute Gasteiger partial charge is 0.383 e. The number of pyridine rings is 1. The minimum Gasteiger partial charge on any atom is -0.383 e. The average molecular weight is 491 g/mol. The van der Waals surface area contributed by atoms with E-state index in [0.717, 1.165) is 32.9 Å². The van der Waals surface area contributed by atoms with Crippen molar-refractivity contribution in [3.05, 3.63) is 71.3 Å². The molecule has 0 bridgehead atoms. The molecular weight excluding hydrogens is 464 g/mol. The fourth-order valence-electron chi connectivity index (χ4n) is 4.74. The van der Waals surface area contributed by atoms with Gasteiger partial charge in [-0.3, -0.25) is 14.7 Å². The molecule has 2 aromatic heterocycles. The van der Waals surface area contributed by atoms with Gasteiger partial charge >= 0.3 is 0 Å². The Labute approximate surface area is 208 Å². The number of nitrogen functional groups attached to an aromatic ring is 1. The van der Waals surface area contributed by atoms with Crippen molar-refractivity contribution < 1.29 is 9.53 Å². The highest BCUT2D eigenvalue weighted by Crippen LogP contribution is 2.25. The number of hydrogen-bond acceptors (Lipinski definition) is 7. The summed E-state index contributed by atoms with van der Waals surface area (Å²) in [7, 11) is 1.62. The first kappa shape index (κ1) is 23.4. The van der Waals surface area contributed by atoms with Crippen LogP contribution in [0.15, 0.2) is 55.0 Å². The smallest absolute Gasteiger partial charge is 0.242 e. The molecule has 1 amide bonds. The maximum absolute atomic E-state index is 13.6. The Balaban J connectivity index is 1.36. The molecular formula is C26H27ClN6O2. The van der Waals surface area contributed by atoms with Crippen LogP contribution in [-0.2, 0) is 22.6 Å². The van der Waals surface area contributed by atoms with E-state index in [-0.39, 0.29) is 11.9 Å². The van der Waals surface area contributed by atoms with E-state index in [0.29, 0.717) is 37.1 Å². The summed E-state index contributed by atoms with van der Waals surface area (Å²) >= 11 is 6.10. The highest BCUT2D eigenvalue weighted by Gasteiger charge is 2.38. The molecule has 0 saturated carbocycles. The number of carbonyl (C=O) groups is 1. The second-order valence-corrected chi connectivity index (χ2v) is 9.43. The molecule has 3 heterocycles. The molecule has 1 aliphatic heterocycles.